The Bertz CT molecular complexity index is 2000. The van der Waals surface area contributed by atoms with Gasteiger partial charge in [-0.25, -0.2) is 28.6 Å². The van der Waals surface area contributed by atoms with Crippen molar-refractivity contribution in [3.8, 4) is 0 Å². The molecule has 29 heteroatoms. The van der Waals surface area contributed by atoms with E-state index in [-0.39, 0.29) is 47.2 Å². The van der Waals surface area contributed by atoms with Gasteiger partial charge in [0.25, 0.3) is 0 Å². The number of ether oxygens (including phenoxy) is 2. The predicted molar refractivity (Wildman–Crippen MR) is 223 cm³/mol. The van der Waals surface area contributed by atoms with Crippen molar-refractivity contribution in [1.29, 1.82) is 0 Å². The quantitative estimate of drug-likeness (QED) is 0.0319. The number of nitrogens with zero attached hydrogens (tertiary/aromatic N) is 4. The highest BCUT2D eigenvalue weighted by atomic mass is 32.2. The number of nitrogen functional groups attached to an aromatic ring is 1. The average Bonchev–Trinajstić information content (AvgIpc) is 3.70. The Hall–Kier alpha value is -2.48. The van der Waals surface area contributed by atoms with Crippen molar-refractivity contribution in [2.75, 3.05) is 44.4 Å². The van der Waals surface area contributed by atoms with E-state index < -0.39 is 84.6 Å². The number of aromatic nitrogens is 4. The topological polar surface area (TPSA) is 376 Å². The minimum atomic E-state index is -5.58. The zero-order valence-electron chi connectivity index (χ0n) is 35.1. The molecule has 10 N–H and O–H groups in total. The molecule has 8 atom stereocenters. The number of aliphatic hydroxyl groups is 2. The van der Waals surface area contributed by atoms with Crippen LogP contribution in [0.2, 0.25) is 0 Å². The summed E-state index contributed by atoms with van der Waals surface area (Å²) in [6.45, 7) is 3.27. The van der Waals surface area contributed by atoms with Gasteiger partial charge in [0.1, 0.15) is 36.3 Å². The summed E-state index contributed by atoms with van der Waals surface area (Å²) in [5.41, 5.74) is 3.91. The highest BCUT2D eigenvalue weighted by Crippen LogP contribution is 2.61. The standard InChI is InChI=1S/C34H58N7O18P3S/c1-4-5-6-7-8-9-10-12-34(19-54-34)16-24(43)63-15-14-36-23(42)11-13-37-31(46)28(45)33(2,3)18-56-62(52,53)59-61(50,51)55-17-22-27(58-60(47,48)49)26(44)32(57-22)41-21-40-25-29(35)38-20-39-30(25)41/h20-22,26-28,32,44-45H,4-19H2,1-3H3,(H,36,42)(H,37,46)(H,50,51)(H,52,53)(H2,35,38,39)(H2,47,48,49)/t22-,26-,27-,28?,32-,34?/m1/s1. The molecule has 4 heterocycles. The molecule has 4 rings (SSSR count). The summed E-state index contributed by atoms with van der Waals surface area (Å²) >= 11 is 1.11. The summed E-state index contributed by atoms with van der Waals surface area (Å²) in [4.78, 5) is 88.6. The second-order valence-electron chi connectivity index (χ2n) is 15.8. The van der Waals surface area contributed by atoms with Gasteiger partial charge in [-0.1, -0.05) is 77.5 Å². The molecule has 0 aromatic carbocycles. The van der Waals surface area contributed by atoms with E-state index in [1.165, 1.54) is 46.0 Å². The number of nitrogens with two attached hydrogens (primary N) is 1. The van der Waals surface area contributed by atoms with Crippen molar-refractivity contribution in [2.24, 2.45) is 5.41 Å². The monoisotopic (exact) mass is 977 g/mol. The van der Waals surface area contributed by atoms with Gasteiger partial charge in [-0.05, 0) is 6.42 Å². The van der Waals surface area contributed by atoms with Crippen molar-refractivity contribution in [3.63, 3.8) is 0 Å². The first-order valence-electron chi connectivity index (χ1n) is 20.2. The van der Waals surface area contributed by atoms with Crippen LogP contribution in [0.15, 0.2) is 12.7 Å². The number of thioether (sulfide) groups is 1. The minimum Gasteiger partial charge on any atom is -0.386 e. The lowest BCUT2D eigenvalue weighted by molar-refractivity contribution is -0.137. The molecule has 63 heavy (non-hydrogen) atoms. The molecule has 4 unspecified atom stereocenters. The first-order chi connectivity index (χ1) is 29.5. The number of phosphoric ester groups is 3. The van der Waals surface area contributed by atoms with Crippen LogP contribution < -0.4 is 16.4 Å². The summed E-state index contributed by atoms with van der Waals surface area (Å²) < 4.78 is 68.0. The predicted octanol–water partition coefficient (Wildman–Crippen LogP) is 1.96. The van der Waals surface area contributed by atoms with Gasteiger partial charge in [-0.15, -0.1) is 0 Å². The average molecular weight is 978 g/mol. The molecule has 2 aromatic heterocycles. The lowest BCUT2D eigenvalue weighted by atomic mass is 9.87. The zero-order valence-corrected chi connectivity index (χ0v) is 38.6. The summed E-state index contributed by atoms with van der Waals surface area (Å²) in [5.74, 6) is -1.10. The number of phosphoric acid groups is 3. The normalized spacial score (nSPS) is 23.8. The van der Waals surface area contributed by atoms with Crippen LogP contribution in [0.1, 0.15) is 91.2 Å². The van der Waals surface area contributed by atoms with Gasteiger partial charge >= 0.3 is 23.5 Å². The Kier molecular flexibility index (Phi) is 19.7. The zero-order chi connectivity index (χ0) is 46.6. The molecule has 2 aliphatic heterocycles. The fourth-order valence-electron chi connectivity index (χ4n) is 6.45. The number of anilines is 1. The number of carbonyl (C=O) groups is 3. The molecule has 2 aliphatic rings. The Morgan fingerprint density at radius 1 is 1.02 bits per heavy atom. The van der Waals surface area contributed by atoms with Gasteiger partial charge in [0.15, 0.2) is 22.8 Å². The van der Waals surface area contributed by atoms with Crippen LogP contribution in [0.3, 0.4) is 0 Å². The summed E-state index contributed by atoms with van der Waals surface area (Å²) in [6, 6.07) is 0. The maximum Gasteiger partial charge on any atom is 0.481 e. The second kappa shape index (κ2) is 23.3. The van der Waals surface area contributed by atoms with E-state index in [2.05, 4.69) is 41.3 Å². The molecule has 25 nitrogen and oxygen atoms in total. The summed E-state index contributed by atoms with van der Waals surface area (Å²) in [5, 5.41) is 26.6. The first kappa shape index (κ1) is 53.1. The lowest BCUT2D eigenvalue weighted by Gasteiger charge is -2.30. The van der Waals surface area contributed by atoms with Crippen LogP contribution in [0, 0.1) is 5.41 Å². The van der Waals surface area contributed by atoms with Gasteiger partial charge in [0.05, 0.1) is 31.7 Å². The maximum atomic E-state index is 12.7. The van der Waals surface area contributed by atoms with E-state index in [1.54, 1.807) is 0 Å². The third-order valence-corrected chi connectivity index (χ3v) is 14.0. The highest BCUT2D eigenvalue weighted by Gasteiger charge is 2.50. The Morgan fingerprint density at radius 3 is 2.35 bits per heavy atom. The van der Waals surface area contributed by atoms with E-state index in [4.69, 9.17) is 24.3 Å². The fraction of sp³-hybridized carbons (Fsp3) is 0.765. The van der Waals surface area contributed by atoms with Crippen LogP contribution in [-0.4, -0.2) is 135 Å². The summed E-state index contributed by atoms with van der Waals surface area (Å²) in [7, 11) is -16.4. The number of aliphatic hydroxyl groups excluding tert-OH is 2. The molecule has 358 valence electrons. The lowest BCUT2D eigenvalue weighted by Crippen LogP contribution is -2.46. The number of amides is 2. The van der Waals surface area contributed by atoms with Gasteiger partial charge in [0, 0.05) is 37.1 Å². The molecule has 2 saturated heterocycles. The van der Waals surface area contributed by atoms with Gasteiger partial charge < -0.3 is 55.6 Å². The number of imidazole rings is 1. The molecule has 2 aromatic rings. The van der Waals surface area contributed by atoms with Crippen LogP contribution in [-0.2, 0) is 55.4 Å². The Balaban J connectivity index is 1.15. The Morgan fingerprint density at radius 2 is 1.68 bits per heavy atom. The SMILES string of the molecule is CCCCCCCCCC1(CC(=O)SCCNC(=O)CCNC(=O)C(O)C(C)(C)COP(=O)(O)OP(=O)(O)OC[C@H]2O[C@@H](n3cnc4c(N)ncnc43)[C@H](O)[C@@H]2OP(=O)(O)O)CO1. The third-order valence-electron chi connectivity index (χ3n) is 10.0. The van der Waals surface area contributed by atoms with Crippen LogP contribution in [0.5, 0.6) is 0 Å². The smallest absolute Gasteiger partial charge is 0.386 e. The molecule has 2 fully saturated rings. The molecular weight excluding hydrogens is 919 g/mol. The van der Waals surface area contributed by atoms with Gasteiger partial charge in [-0.2, -0.15) is 4.31 Å². The molecule has 0 radical (unpaired) electrons. The van der Waals surface area contributed by atoms with Crippen LogP contribution in [0.25, 0.3) is 11.2 Å². The number of unbranched alkanes of at least 4 members (excludes halogenated alkanes) is 6. The van der Waals surface area contributed by atoms with Crippen molar-refractivity contribution in [3.05, 3.63) is 12.7 Å². The molecule has 0 bridgehead atoms. The van der Waals surface area contributed by atoms with E-state index in [9.17, 15) is 57.9 Å². The fourth-order valence-corrected chi connectivity index (χ4v) is 10.1. The first-order valence-corrected chi connectivity index (χ1v) is 25.7. The van der Waals surface area contributed by atoms with Crippen LogP contribution in [0.4, 0.5) is 5.82 Å². The van der Waals surface area contributed by atoms with Crippen molar-refractivity contribution < 1.29 is 85.2 Å². The molecule has 0 aliphatic carbocycles. The van der Waals surface area contributed by atoms with Crippen molar-refractivity contribution >= 4 is 69.1 Å². The minimum absolute atomic E-state index is 0.0124. The molecule has 0 spiro atoms. The number of hydrogen-bond donors (Lipinski definition) is 9. The van der Waals surface area contributed by atoms with E-state index in [0.29, 0.717) is 18.8 Å². The largest absolute Gasteiger partial charge is 0.481 e. The number of rotatable bonds is 29. The molecule has 0 saturated carbocycles. The van der Waals surface area contributed by atoms with Gasteiger partial charge in [0.2, 0.25) is 11.8 Å². The molecule has 2 amide bonds. The van der Waals surface area contributed by atoms with E-state index in [0.717, 1.165) is 48.2 Å². The van der Waals surface area contributed by atoms with Crippen LogP contribution >= 0.6 is 35.2 Å². The highest BCUT2D eigenvalue weighted by molar-refractivity contribution is 8.13. The number of fused-ring (bicyclic) bond motifs is 1. The number of nitrogens with one attached hydrogen (secondary N) is 2. The third kappa shape index (κ3) is 17.0. The summed E-state index contributed by atoms with van der Waals surface area (Å²) in [6.07, 6.45) is 2.51. The number of hydrogen-bond acceptors (Lipinski definition) is 19. The van der Waals surface area contributed by atoms with E-state index in [1.807, 2.05) is 0 Å². The van der Waals surface area contributed by atoms with Gasteiger partial charge in [-0.3, -0.25) is 32.5 Å². The Labute approximate surface area is 367 Å². The van der Waals surface area contributed by atoms with Crippen molar-refractivity contribution in [2.45, 2.75) is 121 Å². The van der Waals surface area contributed by atoms with E-state index >= 15 is 0 Å². The maximum absolute atomic E-state index is 12.7. The number of epoxide rings is 1. The second-order valence-corrected chi connectivity index (χ2v) is 21.2. The number of carbonyl (C=O) groups excluding carboxylic acids is 3. The molecular formula is C34H58N7O18P3S. The van der Waals surface area contributed by atoms with Crippen molar-refractivity contribution in [1.82, 2.24) is 30.2 Å².